The van der Waals surface area contributed by atoms with Gasteiger partial charge in [-0.1, -0.05) is 0 Å². The summed E-state index contributed by atoms with van der Waals surface area (Å²) < 4.78 is 5.67. The summed E-state index contributed by atoms with van der Waals surface area (Å²) in [4.78, 5) is 2.30. The fourth-order valence-electron chi connectivity index (χ4n) is 1.83. The van der Waals surface area contributed by atoms with Crippen LogP contribution in [0.15, 0.2) is 4.42 Å². The van der Waals surface area contributed by atoms with E-state index in [1.165, 1.54) is 16.9 Å². The highest BCUT2D eigenvalue weighted by Gasteiger charge is 2.20. The minimum atomic E-state index is 0.976. The number of hydrogen-bond acceptors (Lipinski definition) is 2. The maximum absolute atomic E-state index is 5.67. The third-order valence-corrected chi connectivity index (χ3v) is 2.75. The highest BCUT2D eigenvalue weighted by molar-refractivity contribution is 5.33. The largest absolute Gasteiger partial charge is 0.464 e. The molecule has 0 N–H and O–H groups in total. The van der Waals surface area contributed by atoms with E-state index in [4.69, 9.17) is 4.42 Å². The first kappa shape index (κ1) is 7.87. The second-order valence-corrected chi connectivity index (χ2v) is 3.67. The molecule has 0 atom stereocenters. The lowest BCUT2D eigenvalue weighted by atomic mass is 10.0. The standard InChI is InChI=1S/C10H15NO/c1-7-8(2)12-10-6-11(3)5-4-9(7)10/h4-6H2,1-3H3. The summed E-state index contributed by atoms with van der Waals surface area (Å²) in [5, 5.41) is 0. The smallest absolute Gasteiger partial charge is 0.121 e. The highest BCUT2D eigenvalue weighted by atomic mass is 16.3. The van der Waals surface area contributed by atoms with Crippen LogP contribution in [0.1, 0.15) is 22.6 Å². The van der Waals surface area contributed by atoms with E-state index < -0.39 is 0 Å². The zero-order valence-corrected chi connectivity index (χ0v) is 7.98. The van der Waals surface area contributed by atoms with Crippen LogP contribution in [0.2, 0.25) is 0 Å². The molecule has 66 valence electrons. The van der Waals surface area contributed by atoms with E-state index >= 15 is 0 Å². The number of furan rings is 1. The third kappa shape index (κ3) is 1.07. The Kier molecular flexibility index (Phi) is 1.72. The molecule has 0 radical (unpaired) electrons. The summed E-state index contributed by atoms with van der Waals surface area (Å²) in [5.74, 6) is 2.27. The van der Waals surface area contributed by atoms with Crippen LogP contribution in [0.4, 0.5) is 0 Å². The monoisotopic (exact) mass is 165 g/mol. The van der Waals surface area contributed by atoms with Crippen LogP contribution in [0.25, 0.3) is 0 Å². The number of likely N-dealkylation sites (N-methyl/N-ethyl adjacent to an activating group) is 1. The van der Waals surface area contributed by atoms with Crippen LogP contribution < -0.4 is 0 Å². The topological polar surface area (TPSA) is 16.4 Å². The fraction of sp³-hybridized carbons (Fsp3) is 0.600. The lowest BCUT2D eigenvalue weighted by Gasteiger charge is -2.21. The Morgan fingerprint density at radius 2 is 2.08 bits per heavy atom. The molecule has 0 fully saturated rings. The van der Waals surface area contributed by atoms with Gasteiger partial charge in [0.2, 0.25) is 0 Å². The van der Waals surface area contributed by atoms with E-state index in [1.54, 1.807) is 0 Å². The Hall–Kier alpha value is -0.760. The van der Waals surface area contributed by atoms with Crippen LogP contribution in [0.3, 0.4) is 0 Å². The van der Waals surface area contributed by atoms with Gasteiger partial charge in [0.1, 0.15) is 11.5 Å². The maximum Gasteiger partial charge on any atom is 0.121 e. The van der Waals surface area contributed by atoms with Gasteiger partial charge < -0.3 is 4.42 Å². The Morgan fingerprint density at radius 3 is 2.83 bits per heavy atom. The molecule has 0 spiro atoms. The predicted octanol–water partition coefficient (Wildman–Crippen LogP) is 1.88. The summed E-state index contributed by atoms with van der Waals surface area (Å²) in [6.07, 6.45) is 1.15. The molecule has 1 aromatic heterocycles. The van der Waals surface area contributed by atoms with Crippen molar-refractivity contribution in [1.82, 2.24) is 4.90 Å². The molecular formula is C10H15NO. The maximum atomic E-state index is 5.67. The zero-order chi connectivity index (χ0) is 8.72. The SMILES string of the molecule is Cc1oc2c(c1C)CCN(C)C2. The molecule has 0 amide bonds. The summed E-state index contributed by atoms with van der Waals surface area (Å²) in [7, 11) is 2.14. The average Bonchev–Trinajstić information content (AvgIpc) is 2.28. The van der Waals surface area contributed by atoms with Gasteiger partial charge in [-0.25, -0.2) is 0 Å². The molecule has 2 heterocycles. The minimum absolute atomic E-state index is 0.976. The van der Waals surface area contributed by atoms with Gasteiger partial charge in [-0.3, -0.25) is 4.90 Å². The highest BCUT2D eigenvalue weighted by Crippen LogP contribution is 2.26. The normalized spacial score (nSPS) is 17.9. The van der Waals surface area contributed by atoms with E-state index in [1.807, 2.05) is 6.92 Å². The van der Waals surface area contributed by atoms with E-state index in [-0.39, 0.29) is 0 Å². The number of nitrogens with zero attached hydrogens (tertiary/aromatic N) is 1. The lowest BCUT2D eigenvalue weighted by Crippen LogP contribution is -2.25. The molecule has 0 aromatic carbocycles. The second kappa shape index (κ2) is 2.63. The molecule has 0 saturated carbocycles. The quantitative estimate of drug-likeness (QED) is 0.583. The van der Waals surface area contributed by atoms with E-state index in [0.717, 1.165) is 25.3 Å². The van der Waals surface area contributed by atoms with E-state index in [0.29, 0.717) is 0 Å². The van der Waals surface area contributed by atoms with Crippen molar-refractivity contribution in [1.29, 1.82) is 0 Å². The number of rotatable bonds is 0. The molecule has 2 heteroatoms. The van der Waals surface area contributed by atoms with Gasteiger partial charge in [0.05, 0.1) is 6.54 Å². The van der Waals surface area contributed by atoms with Crippen molar-refractivity contribution in [2.45, 2.75) is 26.8 Å². The molecule has 2 nitrogen and oxygen atoms in total. The van der Waals surface area contributed by atoms with Gasteiger partial charge in [-0.2, -0.15) is 0 Å². The van der Waals surface area contributed by atoms with Crippen molar-refractivity contribution in [2.75, 3.05) is 13.6 Å². The minimum Gasteiger partial charge on any atom is -0.464 e. The molecule has 0 saturated heterocycles. The molecule has 0 unspecified atom stereocenters. The predicted molar refractivity (Wildman–Crippen MR) is 48.2 cm³/mol. The van der Waals surface area contributed by atoms with Gasteiger partial charge >= 0.3 is 0 Å². The van der Waals surface area contributed by atoms with E-state index in [9.17, 15) is 0 Å². The first-order valence-corrected chi connectivity index (χ1v) is 4.45. The fourth-order valence-corrected chi connectivity index (χ4v) is 1.83. The lowest BCUT2D eigenvalue weighted by molar-refractivity contribution is 0.275. The van der Waals surface area contributed by atoms with Crippen LogP contribution >= 0.6 is 0 Å². The molecule has 1 aliphatic rings. The van der Waals surface area contributed by atoms with E-state index in [2.05, 4.69) is 18.9 Å². The Bertz CT molecular complexity index is 301. The van der Waals surface area contributed by atoms with Crippen molar-refractivity contribution in [2.24, 2.45) is 0 Å². The molecular weight excluding hydrogens is 150 g/mol. The summed E-state index contributed by atoms with van der Waals surface area (Å²) >= 11 is 0. The summed E-state index contributed by atoms with van der Waals surface area (Å²) in [6, 6.07) is 0. The Labute approximate surface area is 73.2 Å². The third-order valence-electron chi connectivity index (χ3n) is 2.75. The van der Waals surface area contributed by atoms with Gasteiger partial charge in [0.15, 0.2) is 0 Å². The first-order chi connectivity index (χ1) is 5.68. The number of hydrogen-bond donors (Lipinski definition) is 0. The van der Waals surface area contributed by atoms with Crippen molar-refractivity contribution in [3.05, 3.63) is 22.6 Å². The Morgan fingerprint density at radius 1 is 1.33 bits per heavy atom. The number of aryl methyl sites for hydroxylation is 1. The molecule has 1 aromatic rings. The van der Waals surface area contributed by atoms with Gasteiger partial charge in [-0.05, 0) is 38.4 Å². The van der Waals surface area contributed by atoms with Crippen molar-refractivity contribution in [3.8, 4) is 0 Å². The molecule has 12 heavy (non-hydrogen) atoms. The molecule has 0 bridgehead atoms. The second-order valence-electron chi connectivity index (χ2n) is 3.67. The van der Waals surface area contributed by atoms with Crippen LogP contribution in [-0.2, 0) is 13.0 Å². The van der Waals surface area contributed by atoms with Gasteiger partial charge in [-0.15, -0.1) is 0 Å². The summed E-state index contributed by atoms with van der Waals surface area (Å²) in [6.45, 7) is 6.34. The zero-order valence-electron chi connectivity index (χ0n) is 7.98. The van der Waals surface area contributed by atoms with Crippen LogP contribution in [0, 0.1) is 13.8 Å². The van der Waals surface area contributed by atoms with Gasteiger partial charge in [0, 0.05) is 6.54 Å². The van der Waals surface area contributed by atoms with Crippen molar-refractivity contribution >= 4 is 0 Å². The Balaban J connectivity index is 2.43. The summed E-state index contributed by atoms with van der Waals surface area (Å²) in [5.41, 5.74) is 2.81. The molecule has 0 aliphatic carbocycles. The first-order valence-electron chi connectivity index (χ1n) is 4.45. The van der Waals surface area contributed by atoms with Crippen molar-refractivity contribution in [3.63, 3.8) is 0 Å². The molecule has 2 rings (SSSR count). The van der Waals surface area contributed by atoms with Crippen LogP contribution in [0.5, 0.6) is 0 Å². The van der Waals surface area contributed by atoms with Crippen molar-refractivity contribution < 1.29 is 4.42 Å². The molecule has 1 aliphatic heterocycles. The van der Waals surface area contributed by atoms with Crippen LogP contribution in [-0.4, -0.2) is 18.5 Å². The average molecular weight is 165 g/mol. The van der Waals surface area contributed by atoms with Gasteiger partial charge in [0.25, 0.3) is 0 Å². The number of fused-ring (bicyclic) bond motifs is 1.